The highest BCUT2D eigenvalue weighted by Crippen LogP contribution is 2.18. The third kappa shape index (κ3) is 2.73. The number of nitrogens with one attached hydrogen (secondary N) is 1. The van der Waals surface area contributed by atoms with E-state index in [-0.39, 0.29) is 17.7 Å². The number of quaternary nitrogens is 1. The zero-order chi connectivity index (χ0) is 13.1. The molecular formula is C13H20N3O2+. The van der Waals surface area contributed by atoms with E-state index >= 15 is 0 Å². The highest BCUT2D eigenvalue weighted by atomic mass is 16.3. The summed E-state index contributed by atoms with van der Waals surface area (Å²) in [5.74, 6) is 0.0495. The van der Waals surface area contributed by atoms with Crippen molar-refractivity contribution in [1.29, 1.82) is 0 Å². The number of carbonyl (C=O) groups is 1. The zero-order valence-electron chi connectivity index (χ0n) is 10.6. The Hall–Kier alpha value is -1.75. The maximum absolute atomic E-state index is 11.1. The molecule has 1 atom stereocenters. The van der Waals surface area contributed by atoms with Gasteiger partial charge in [-0.05, 0) is 31.2 Å². The van der Waals surface area contributed by atoms with E-state index in [4.69, 9.17) is 5.73 Å². The molecular weight excluding hydrogens is 230 g/mol. The summed E-state index contributed by atoms with van der Waals surface area (Å²) in [5, 5.41) is 9.26. The number of hydrogen-bond acceptors (Lipinski definition) is 3. The van der Waals surface area contributed by atoms with Gasteiger partial charge in [-0.3, -0.25) is 4.79 Å². The van der Waals surface area contributed by atoms with E-state index in [1.807, 2.05) is 19.1 Å². The summed E-state index contributed by atoms with van der Waals surface area (Å²) in [4.78, 5) is 14.7. The number of nitrogens with zero attached hydrogens (tertiary/aromatic N) is 1. The monoisotopic (exact) mass is 250 g/mol. The van der Waals surface area contributed by atoms with Crippen LogP contribution in [-0.2, 0) is 4.79 Å². The molecule has 1 fully saturated rings. The molecule has 0 aromatic heterocycles. The summed E-state index contributed by atoms with van der Waals surface area (Å²) in [7, 11) is 0. The number of carbonyl (C=O) groups excluding carboxylic acids is 1. The minimum Gasteiger partial charge on any atom is -0.508 e. The fourth-order valence-electron chi connectivity index (χ4n) is 2.35. The van der Waals surface area contributed by atoms with Crippen molar-refractivity contribution in [2.45, 2.75) is 13.0 Å². The number of nitrogens with two attached hydrogens (primary N) is 1. The van der Waals surface area contributed by atoms with Gasteiger partial charge in [0.15, 0.2) is 6.04 Å². The first-order valence-electron chi connectivity index (χ1n) is 6.26. The molecule has 0 aliphatic carbocycles. The molecule has 0 unspecified atom stereocenters. The summed E-state index contributed by atoms with van der Waals surface area (Å²) in [6.07, 6.45) is 0. The number of phenolic OH excluding ortho intramolecular Hbond substituents is 1. The van der Waals surface area contributed by atoms with Crippen LogP contribution in [0.15, 0.2) is 24.3 Å². The molecule has 1 aliphatic heterocycles. The molecule has 0 spiro atoms. The Bertz CT molecular complexity index is 411. The molecule has 1 amide bonds. The van der Waals surface area contributed by atoms with E-state index in [9.17, 15) is 9.90 Å². The van der Waals surface area contributed by atoms with Crippen LogP contribution in [0.1, 0.15) is 6.92 Å². The van der Waals surface area contributed by atoms with Gasteiger partial charge in [-0.2, -0.15) is 0 Å². The third-order valence-corrected chi connectivity index (χ3v) is 3.66. The molecule has 2 rings (SSSR count). The normalized spacial score (nSPS) is 18.6. The number of benzene rings is 1. The van der Waals surface area contributed by atoms with Crippen LogP contribution < -0.4 is 15.5 Å². The van der Waals surface area contributed by atoms with E-state index < -0.39 is 0 Å². The SMILES string of the molecule is C[C@H](C(N)=O)[NH+]1CCN(c2ccc(O)cc2)CC1. The van der Waals surface area contributed by atoms with Gasteiger partial charge in [0.1, 0.15) is 5.75 Å². The number of rotatable bonds is 3. The molecule has 18 heavy (non-hydrogen) atoms. The van der Waals surface area contributed by atoms with Crippen LogP contribution in [0.4, 0.5) is 5.69 Å². The van der Waals surface area contributed by atoms with E-state index in [1.54, 1.807) is 12.1 Å². The number of piperazine rings is 1. The first-order chi connectivity index (χ1) is 8.58. The second-order valence-electron chi connectivity index (χ2n) is 4.79. The van der Waals surface area contributed by atoms with E-state index in [2.05, 4.69) is 4.90 Å². The van der Waals surface area contributed by atoms with Gasteiger partial charge in [0.25, 0.3) is 5.91 Å². The Kier molecular flexibility index (Phi) is 3.72. The molecule has 1 saturated heterocycles. The molecule has 1 heterocycles. The van der Waals surface area contributed by atoms with Gasteiger partial charge in [0.05, 0.1) is 26.2 Å². The minimum atomic E-state index is -0.233. The molecule has 1 aliphatic rings. The molecule has 5 nitrogen and oxygen atoms in total. The first-order valence-corrected chi connectivity index (χ1v) is 6.26. The van der Waals surface area contributed by atoms with Gasteiger partial charge in [0.2, 0.25) is 0 Å². The molecule has 0 saturated carbocycles. The van der Waals surface area contributed by atoms with Crippen LogP contribution >= 0.6 is 0 Å². The van der Waals surface area contributed by atoms with Crippen LogP contribution in [-0.4, -0.2) is 43.2 Å². The number of amides is 1. The predicted octanol–water partition coefficient (Wildman–Crippen LogP) is -1.03. The van der Waals surface area contributed by atoms with Crippen LogP contribution in [0, 0.1) is 0 Å². The van der Waals surface area contributed by atoms with E-state index in [0.717, 1.165) is 31.9 Å². The van der Waals surface area contributed by atoms with Crippen molar-refractivity contribution in [3.63, 3.8) is 0 Å². The lowest BCUT2D eigenvalue weighted by atomic mass is 10.2. The molecule has 0 bridgehead atoms. The van der Waals surface area contributed by atoms with Crippen LogP contribution in [0.5, 0.6) is 5.75 Å². The Labute approximate surface area is 107 Å². The Morgan fingerprint density at radius 2 is 1.89 bits per heavy atom. The fraction of sp³-hybridized carbons (Fsp3) is 0.462. The predicted molar refractivity (Wildman–Crippen MR) is 69.7 cm³/mol. The van der Waals surface area contributed by atoms with Gasteiger partial charge < -0.3 is 20.6 Å². The number of primary amides is 1. The van der Waals surface area contributed by atoms with E-state index in [1.165, 1.54) is 4.90 Å². The number of hydrogen-bond donors (Lipinski definition) is 3. The molecule has 1 aromatic carbocycles. The lowest BCUT2D eigenvalue weighted by Crippen LogP contribution is -3.19. The smallest absolute Gasteiger partial charge is 0.275 e. The molecule has 4 N–H and O–H groups in total. The summed E-state index contributed by atoms with van der Waals surface area (Å²) in [6, 6.07) is 7.10. The van der Waals surface area contributed by atoms with Crippen molar-refractivity contribution in [3.05, 3.63) is 24.3 Å². The summed E-state index contributed by atoms with van der Waals surface area (Å²) in [5.41, 5.74) is 6.44. The summed E-state index contributed by atoms with van der Waals surface area (Å²) < 4.78 is 0. The van der Waals surface area contributed by atoms with Crippen molar-refractivity contribution < 1.29 is 14.8 Å². The van der Waals surface area contributed by atoms with E-state index in [0.29, 0.717) is 0 Å². The highest BCUT2D eigenvalue weighted by Gasteiger charge is 2.27. The van der Waals surface area contributed by atoms with Gasteiger partial charge in [0, 0.05) is 5.69 Å². The number of phenols is 1. The third-order valence-electron chi connectivity index (χ3n) is 3.66. The van der Waals surface area contributed by atoms with Gasteiger partial charge in [-0.15, -0.1) is 0 Å². The summed E-state index contributed by atoms with van der Waals surface area (Å²) >= 11 is 0. The Morgan fingerprint density at radius 3 is 2.39 bits per heavy atom. The lowest BCUT2D eigenvalue weighted by molar-refractivity contribution is -0.914. The maximum Gasteiger partial charge on any atom is 0.275 e. The van der Waals surface area contributed by atoms with Crippen molar-refractivity contribution in [3.8, 4) is 5.75 Å². The summed E-state index contributed by atoms with van der Waals surface area (Å²) in [6.45, 7) is 5.50. The lowest BCUT2D eigenvalue weighted by Gasteiger charge is -2.35. The van der Waals surface area contributed by atoms with Crippen molar-refractivity contribution in [2.75, 3.05) is 31.1 Å². The molecule has 1 aromatic rings. The van der Waals surface area contributed by atoms with Gasteiger partial charge >= 0.3 is 0 Å². The standard InChI is InChI=1S/C13H19N3O2/c1-10(13(14)18)15-6-8-16(9-7-15)11-2-4-12(17)5-3-11/h2-5,10,17H,6-9H2,1H3,(H2,14,18)/p+1/t10-/m1/s1. The molecule has 5 heteroatoms. The average Bonchev–Trinajstić information content (AvgIpc) is 2.39. The van der Waals surface area contributed by atoms with Gasteiger partial charge in [-0.1, -0.05) is 0 Å². The first kappa shape index (κ1) is 12.7. The molecule has 0 radical (unpaired) electrons. The largest absolute Gasteiger partial charge is 0.508 e. The second-order valence-corrected chi connectivity index (χ2v) is 4.79. The quantitative estimate of drug-likeness (QED) is 0.642. The van der Waals surface area contributed by atoms with Crippen molar-refractivity contribution >= 4 is 11.6 Å². The Balaban J connectivity index is 1.94. The Morgan fingerprint density at radius 1 is 1.33 bits per heavy atom. The highest BCUT2D eigenvalue weighted by molar-refractivity contribution is 5.77. The zero-order valence-corrected chi connectivity index (χ0v) is 10.6. The number of aromatic hydroxyl groups is 1. The fourth-order valence-corrected chi connectivity index (χ4v) is 2.35. The minimum absolute atomic E-state index is 0.119. The van der Waals surface area contributed by atoms with Crippen LogP contribution in [0.3, 0.4) is 0 Å². The number of anilines is 1. The topological polar surface area (TPSA) is 71.0 Å². The average molecular weight is 250 g/mol. The molecule has 98 valence electrons. The second kappa shape index (κ2) is 5.27. The van der Waals surface area contributed by atoms with Crippen LogP contribution in [0.2, 0.25) is 0 Å². The maximum atomic E-state index is 11.1. The van der Waals surface area contributed by atoms with Gasteiger partial charge in [-0.25, -0.2) is 0 Å². The van der Waals surface area contributed by atoms with Crippen molar-refractivity contribution in [2.24, 2.45) is 5.73 Å². The van der Waals surface area contributed by atoms with Crippen molar-refractivity contribution in [1.82, 2.24) is 0 Å². The van der Waals surface area contributed by atoms with Crippen LogP contribution in [0.25, 0.3) is 0 Å².